The standard InChI is InChI=1S/C26H54NO2.C20H42NO2.C19H32N2O.C19H32NO2/c1-5-9-13-14-15-16-17-18-19-20-26(28)29-25-24-27(21-10-6-2,22-11-7-3)23-12-8-4;1-5-9-10-11-12-13-14-15-16-17-20(22)23-19-18-21(6-2,7-3)8-4;1-2-3-4-5-6-7-8-9-10-12-15-20-19(22)18-21-16-13-11-14-17-21;1-2-3-4-5-6-7-8-9-11-14-19(21)22-18-17-20-15-12-10-13-16-20/h5-25H2,1-4H3;5-19H2,1-4H3;11,13-14,16-17H,2-10,12,15,18H2,1H3;10,12-13,15-16H,2-9,11,14,17-18H2,1H3/q2*+1;;+1/p+1. The molecular formula is C84H161N5O7+4. The highest BCUT2D eigenvalue weighted by atomic mass is 16.5. The number of unbranched alkanes of at least 4 members (excludes halogenated alkanes) is 36. The van der Waals surface area contributed by atoms with Crippen molar-refractivity contribution in [2.75, 3.05) is 78.7 Å². The van der Waals surface area contributed by atoms with Crippen LogP contribution in [0.3, 0.4) is 0 Å². The summed E-state index contributed by atoms with van der Waals surface area (Å²) >= 11 is 0. The van der Waals surface area contributed by atoms with Crippen LogP contribution >= 0.6 is 0 Å². The molecule has 0 aromatic carbocycles. The zero-order chi connectivity index (χ0) is 70.8. The number of esters is 3. The second-order valence-corrected chi connectivity index (χ2v) is 27.9. The van der Waals surface area contributed by atoms with Crippen molar-refractivity contribution in [2.24, 2.45) is 0 Å². The Bertz CT molecular complexity index is 1910. The quantitative estimate of drug-likeness (QED) is 0.0231. The molecule has 1 N–H and O–H groups in total. The smallest absolute Gasteiger partial charge is 0.306 e. The zero-order valence-electron chi connectivity index (χ0n) is 65.3. The first-order valence-electron chi connectivity index (χ1n) is 41.2. The molecule has 1 amide bonds. The van der Waals surface area contributed by atoms with Crippen LogP contribution in [0.5, 0.6) is 0 Å². The molecule has 0 aliphatic rings. The number of likely N-dealkylation sites (N-methyl/N-ethyl adjacent to an activating group) is 1. The first kappa shape index (κ1) is 94.2. The zero-order valence-corrected chi connectivity index (χ0v) is 65.3. The van der Waals surface area contributed by atoms with E-state index >= 15 is 0 Å². The van der Waals surface area contributed by atoms with Crippen molar-refractivity contribution in [1.29, 1.82) is 0 Å². The van der Waals surface area contributed by atoms with Crippen LogP contribution in [0.1, 0.15) is 365 Å². The summed E-state index contributed by atoms with van der Waals surface area (Å²) in [5.74, 6) is 0.0634. The predicted octanol–water partition coefficient (Wildman–Crippen LogP) is 21.4. The van der Waals surface area contributed by atoms with E-state index in [0.29, 0.717) is 45.6 Å². The molecule has 2 heterocycles. The predicted molar refractivity (Wildman–Crippen MR) is 408 cm³/mol. The van der Waals surface area contributed by atoms with E-state index in [4.69, 9.17) is 14.2 Å². The van der Waals surface area contributed by atoms with Crippen LogP contribution in [0.15, 0.2) is 61.2 Å². The van der Waals surface area contributed by atoms with E-state index in [0.717, 1.165) is 86.9 Å². The third kappa shape index (κ3) is 63.5. The lowest BCUT2D eigenvalue weighted by molar-refractivity contribution is -0.929. The van der Waals surface area contributed by atoms with Gasteiger partial charge in [-0.3, -0.25) is 19.2 Å². The monoisotopic (exact) mass is 1350 g/mol. The molecule has 0 spiro atoms. The number of hydrogen-bond donors (Lipinski definition) is 1. The number of aromatic nitrogens is 2. The number of amides is 1. The molecule has 2 aromatic rings. The van der Waals surface area contributed by atoms with Gasteiger partial charge in [-0.2, -0.15) is 4.57 Å². The number of nitrogens with zero attached hydrogens (tertiary/aromatic N) is 4. The van der Waals surface area contributed by atoms with Gasteiger partial charge in [0.05, 0.1) is 39.3 Å². The summed E-state index contributed by atoms with van der Waals surface area (Å²) in [7, 11) is 0. The van der Waals surface area contributed by atoms with E-state index in [9.17, 15) is 19.2 Å². The van der Waals surface area contributed by atoms with Gasteiger partial charge in [0, 0.05) is 50.1 Å². The summed E-state index contributed by atoms with van der Waals surface area (Å²) < 4.78 is 22.5. The molecule has 0 saturated heterocycles. The van der Waals surface area contributed by atoms with Crippen molar-refractivity contribution in [3.05, 3.63) is 61.2 Å². The maximum absolute atomic E-state index is 12.1. The van der Waals surface area contributed by atoms with Crippen LogP contribution in [0.25, 0.3) is 0 Å². The lowest BCUT2D eigenvalue weighted by Crippen LogP contribution is -2.52. The first-order chi connectivity index (χ1) is 46.9. The first-order valence-corrected chi connectivity index (χ1v) is 41.2. The molecule has 12 nitrogen and oxygen atoms in total. The van der Waals surface area contributed by atoms with Crippen molar-refractivity contribution in [2.45, 2.75) is 378 Å². The summed E-state index contributed by atoms with van der Waals surface area (Å²) in [6.07, 6.45) is 65.0. The highest BCUT2D eigenvalue weighted by Gasteiger charge is 2.26. The minimum Gasteiger partial charge on any atom is -0.460 e. The molecule has 2 rings (SSSR count). The summed E-state index contributed by atoms with van der Waals surface area (Å²) in [5, 5.41) is 3.00. The Kier molecular flexibility index (Phi) is 72.4. The van der Waals surface area contributed by atoms with Gasteiger partial charge in [0.15, 0.2) is 37.9 Å². The molecule has 0 bridgehead atoms. The number of hydrogen-bond acceptors (Lipinski definition) is 7. The third-order valence-electron chi connectivity index (χ3n) is 19.4. The highest BCUT2D eigenvalue weighted by molar-refractivity contribution is 5.74. The van der Waals surface area contributed by atoms with Crippen LogP contribution in [0.4, 0.5) is 0 Å². The maximum Gasteiger partial charge on any atom is 0.306 e. The molecular weight excluding hydrogens is 1190 g/mol. The lowest BCUT2D eigenvalue weighted by Gasteiger charge is -2.39. The van der Waals surface area contributed by atoms with Crippen LogP contribution in [-0.2, 0) is 46.5 Å². The third-order valence-corrected chi connectivity index (χ3v) is 19.4. The summed E-state index contributed by atoms with van der Waals surface area (Å²) in [5.41, 5.74) is 0. The Morgan fingerprint density at radius 1 is 0.292 bits per heavy atom. The average molecular weight is 1350 g/mol. The summed E-state index contributed by atoms with van der Waals surface area (Å²) in [4.78, 5) is 47.3. The number of ether oxygens (including phenoxy) is 3. The fourth-order valence-electron chi connectivity index (χ4n) is 12.4. The Balaban J connectivity index is 0. The second kappa shape index (κ2) is 73.8. The molecule has 2 aromatic heterocycles. The molecule has 0 unspecified atom stereocenters. The Morgan fingerprint density at radius 3 is 0.875 bits per heavy atom. The van der Waals surface area contributed by atoms with E-state index in [1.165, 1.54) is 264 Å². The molecule has 0 saturated carbocycles. The van der Waals surface area contributed by atoms with Crippen LogP contribution in [-0.4, -0.2) is 112 Å². The van der Waals surface area contributed by atoms with Crippen LogP contribution in [0, 0.1) is 0 Å². The summed E-state index contributed by atoms with van der Waals surface area (Å²) in [6.45, 7) is 35.1. The Labute approximate surface area is 595 Å². The van der Waals surface area contributed by atoms with Gasteiger partial charge in [0.1, 0.15) is 26.3 Å². The van der Waals surface area contributed by atoms with Gasteiger partial charge >= 0.3 is 17.9 Å². The van der Waals surface area contributed by atoms with E-state index in [-0.39, 0.29) is 23.8 Å². The molecule has 0 fully saturated rings. The maximum atomic E-state index is 12.1. The molecule has 0 aliphatic heterocycles. The Morgan fingerprint density at radius 2 is 0.562 bits per heavy atom. The van der Waals surface area contributed by atoms with Gasteiger partial charge in [0.25, 0.3) is 5.91 Å². The van der Waals surface area contributed by atoms with Gasteiger partial charge in [-0.05, 0) is 65.7 Å². The average Bonchev–Trinajstić information content (AvgIpc) is 1.36. The fourth-order valence-corrected chi connectivity index (χ4v) is 12.4. The molecule has 96 heavy (non-hydrogen) atoms. The minimum absolute atomic E-state index is 0.00523. The minimum atomic E-state index is -0.0560. The normalized spacial score (nSPS) is 11.2. The fraction of sp³-hybridized carbons (Fsp3) is 0.833. The summed E-state index contributed by atoms with van der Waals surface area (Å²) in [6, 6.07) is 11.8. The van der Waals surface area contributed by atoms with Crippen molar-refractivity contribution in [1.82, 2.24) is 5.32 Å². The molecule has 560 valence electrons. The van der Waals surface area contributed by atoms with Gasteiger partial charge in [-0.15, -0.1) is 0 Å². The lowest BCUT2D eigenvalue weighted by atomic mass is 10.1. The number of rotatable bonds is 64. The number of pyridine rings is 2. The van der Waals surface area contributed by atoms with Gasteiger partial charge < -0.3 is 28.5 Å². The van der Waals surface area contributed by atoms with Crippen LogP contribution in [0.2, 0.25) is 0 Å². The van der Waals surface area contributed by atoms with Crippen LogP contribution < -0.4 is 14.5 Å². The van der Waals surface area contributed by atoms with Crippen molar-refractivity contribution >= 4 is 23.8 Å². The molecule has 0 radical (unpaired) electrons. The topological polar surface area (TPSA) is 116 Å². The van der Waals surface area contributed by atoms with Gasteiger partial charge in [-0.1, -0.05) is 292 Å². The van der Waals surface area contributed by atoms with Crippen molar-refractivity contribution in [3.8, 4) is 0 Å². The van der Waals surface area contributed by atoms with Crippen molar-refractivity contribution < 1.29 is 51.5 Å². The number of quaternary nitrogens is 2. The van der Waals surface area contributed by atoms with E-state index < -0.39 is 0 Å². The van der Waals surface area contributed by atoms with Gasteiger partial charge in [0.2, 0.25) is 6.54 Å². The largest absolute Gasteiger partial charge is 0.460 e. The SMILES string of the molecule is CCCCCCCCCCCC(=O)OCC[N+](CC)(CC)CC.CCCCCCCCCCCC(=O)OCC[N+](CCCC)(CCCC)CCCC.CCCCCCCCCCCC(=O)OCC[n+]1ccccc1.CCCCCCCCCCCCNC(=O)C[n+]1ccccc1. The van der Waals surface area contributed by atoms with Gasteiger partial charge in [-0.25, -0.2) is 4.57 Å². The molecule has 12 heteroatoms. The second-order valence-electron chi connectivity index (χ2n) is 27.9. The Hall–Kier alpha value is -3.90. The number of nitrogens with one attached hydrogen (secondary N) is 1. The van der Waals surface area contributed by atoms with Crippen molar-refractivity contribution in [3.63, 3.8) is 0 Å². The highest BCUT2D eigenvalue weighted by Crippen LogP contribution is 2.18. The van der Waals surface area contributed by atoms with E-state index in [1.807, 2.05) is 70.3 Å². The number of carbonyl (C=O) groups excluding carboxylic acids is 4. The van der Waals surface area contributed by atoms with E-state index in [1.54, 1.807) is 0 Å². The number of carbonyl (C=O) groups is 4. The van der Waals surface area contributed by atoms with E-state index in [2.05, 4.69) is 74.6 Å². The molecule has 0 aliphatic carbocycles. The molecule has 0 atom stereocenters.